The SMILES string of the molecule is CCC.CCCCn1cc(C)nn1.CCO.CS.N=C/C(C#CCCCC(N)=O)=C\N. The number of nitrogens with one attached hydrogen (secondary N) is 1. The van der Waals surface area contributed by atoms with Crippen LogP contribution in [-0.2, 0) is 11.3 Å². The monoisotopic (exact) mass is 456 g/mol. The first-order valence-corrected chi connectivity index (χ1v) is 11.4. The van der Waals surface area contributed by atoms with Gasteiger partial charge in [0, 0.05) is 44.6 Å². The number of allylic oxidation sites excluding steroid dienone is 1. The second kappa shape index (κ2) is 32.4. The van der Waals surface area contributed by atoms with Crippen molar-refractivity contribution in [2.45, 2.75) is 79.7 Å². The average molecular weight is 457 g/mol. The Bertz CT molecular complexity index is 605. The number of carbonyl (C=O) groups is 1. The maximum absolute atomic E-state index is 10.3. The van der Waals surface area contributed by atoms with Crippen LogP contribution in [0.1, 0.15) is 71.9 Å². The number of aromatic nitrogens is 3. The smallest absolute Gasteiger partial charge is 0.217 e. The largest absolute Gasteiger partial charge is 0.404 e. The summed E-state index contributed by atoms with van der Waals surface area (Å²) in [7, 11) is 0. The molecular weight excluding hydrogens is 412 g/mol. The van der Waals surface area contributed by atoms with Crippen molar-refractivity contribution in [2.24, 2.45) is 11.5 Å². The number of thiol groups is 1. The summed E-state index contributed by atoms with van der Waals surface area (Å²) >= 11 is 3.53. The summed E-state index contributed by atoms with van der Waals surface area (Å²) in [5.74, 6) is 5.15. The Morgan fingerprint density at radius 2 is 1.84 bits per heavy atom. The van der Waals surface area contributed by atoms with E-state index in [0.29, 0.717) is 24.8 Å². The average Bonchev–Trinajstić information content (AvgIpc) is 3.17. The molecule has 1 aromatic heterocycles. The van der Waals surface area contributed by atoms with Crippen LogP contribution in [0.4, 0.5) is 0 Å². The summed E-state index contributed by atoms with van der Waals surface area (Å²) in [4.78, 5) is 10.3. The lowest BCUT2D eigenvalue weighted by Gasteiger charge is -1.94. The quantitative estimate of drug-likeness (QED) is 0.185. The second-order valence-electron chi connectivity index (χ2n) is 5.89. The summed E-state index contributed by atoms with van der Waals surface area (Å²) in [6, 6.07) is 0. The van der Waals surface area contributed by atoms with Gasteiger partial charge in [-0.3, -0.25) is 9.48 Å². The van der Waals surface area contributed by atoms with E-state index in [2.05, 4.69) is 55.6 Å². The van der Waals surface area contributed by atoms with Gasteiger partial charge in [0.1, 0.15) is 0 Å². The van der Waals surface area contributed by atoms with E-state index < -0.39 is 0 Å². The number of aliphatic hydroxyl groups excluding tert-OH is 1. The van der Waals surface area contributed by atoms with Gasteiger partial charge in [-0.15, -0.1) is 5.10 Å². The lowest BCUT2D eigenvalue weighted by molar-refractivity contribution is -0.118. The first kappa shape index (κ1) is 36.1. The summed E-state index contributed by atoms with van der Waals surface area (Å²) in [6.07, 6.45) is 11.2. The lowest BCUT2D eigenvalue weighted by Crippen LogP contribution is -2.09. The number of hydrogen-bond acceptors (Lipinski definition) is 7. The molecule has 1 amide bonds. The topological polar surface area (TPSA) is 144 Å². The molecule has 6 N–H and O–H groups in total. The van der Waals surface area contributed by atoms with Crippen LogP contribution < -0.4 is 11.5 Å². The third kappa shape index (κ3) is 35.5. The molecule has 0 saturated heterocycles. The van der Waals surface area contributed by atoms with Gasteiger partial charge in [-0.1, -0.05) is 50.7 Å². The Hall–Kier alpha value is -2.31. The fourth-order valence-corrected chi connectivity index (χ4v) is 1.47. The highest BCUT2D eigenvalue weighted by atomic mass is 32.1. The van der Waals surface area contributed by atoms with E-state index in [9.17, 15) is 4.79 Å². The highest BCUT2D eigenvalue weighted by molar-refractivity contribution is 7.79. The van der Waals surface area contributed by atoms with Gasteiger partial charge in [-0.2, -0.15) is 12.6 Å². The number of unbranched alkanes of at least 4 members (excludes halogenated alkanes) is 2. The van der Waals surface area contributed by atoms with Gasteiger partial charge in [0.25, 0.3) is 0 Å². The molecule has 0 saturated carbocycles. The highest BCUT2D eigenvalue weighted by Gasteiger charge is 1.92. The summed E-state index contributed by atoms with van der Waals surface area (Å²) in [5.41, 5.74) is 11.6. The van der Waals surface area contributed by atoms with Crippen molar-refractivity contribution >= 4 is 24.8 Å². The van der Waals surface area contributed by atoms with E-state index in [1.165, 1.54) is 25.5 Å². The Morgan fingerprint density at radius 1 is 1.29 bits per heavy atom. The number of aryl methyl sites for hydroxylation is 2. The maximum atomic E-state index is 10.3. The molecule has 0 spiro atoms. The molecule has 0 fully saturated rings. The second-order valence-corrected chi connectivity index (χ2v) is 5.89. The normalized spacial score (nSPS) is 8.84. The van der Waals surface area contributed by atoms with E-state index in [0.717, 1.165) is 18.5 Å². The fourth-order valence-electron chi connectivity index (χ4n) is 1.47. The number of amides is 1. The van der Waals surface area contributed by atoms with Crippen molar-refractivity contribution in [3.8, 4) is 11.8 Å². The van der Waals surface area contributed by atoms with Crippen LogP contribution >= 0.6 is 12.6 Å². The van der Waals surface area contributed by atoms with Crippen molar-refractivity contribution in [1.82, 2.24) is 15.0 Å². The molecule has 0 aliphatic carbocycles. The van der Waals surface area contributed by atoms with E-state index in [1.807, 2.05) is 17.8 Å². The van der Waals surface area contributed by atoms with Crippen LogP contribution in [0.5, 0.6) is 0 Å². The number of rotatable bonds is 7. The molecule has 1 rings (SSSR count). The van der Waals surface area contributed by atoms with E-state index in [1.54, 1.807) is 13.2 Å². The summed E-state index contributed by atoms with van der Waals surface area (Å²) in [5, 5.41) is 22.2. The predicted molar refractivity (Wildman–Crippen MR) is 135 cm³/mol. The molecule has 180 valence electrons. The molecule has 0 bridgehead atoms. The van der Waals surface area contributed by atoms with Crippen molar-refractivity contribution in [1.29, 1.82) is 5.41 Å². The third-order valence-electron chi connectivity index (χ3n) is 2.69. The maximum Gasteiger partial charge on any atom is 0.217 e. The van der Waals surface area contributed by atoms with Crippen molar-refractivity contribution in [3.63, 3.8) is 0 Å². The Kier molecular flexibility index (Phi) is 37.7. The number of aliphatic hydroxyl groups is 1. The molecule has 31 heavy (non-hydrogen) atoms. The molecule has 0 aliphatic heterocycles. The summed E-state index contributed by atoms with van der Waals surface area (Å²) in [6.45, 7) is 11.3. The molecule has 0 unspecified atom stereocenters. The molecule has 8 nitrogen and oxygen atoms in total. The molecule has 0 atom stereocenters. The van der Waals surface area contributed by atoms with E-state index in [-0.39, 0.29) is 12.5 Å². The number of nitrogens with two attached hydrogens (primary N) is 2. The first-order chi connectivity index (χ1) is 14.9. The van der Waals surface area contributed by atoms with Crippen LogP contribution in [-0.4, -0.2) is 45.1 Å². The Morgan fingerprint density at radius 3 is 2.19 bits per heavy atom. The standard InChI is InChI=1S/C9H13N3O.C7H13N3.C3H8.C2H6O.CH4S/c10-6-8(7-11)4-2-1-3-5-9(12)13;1-3-4-5-10-6-7(2)8-9-10;1-3-2;1-2-3;1-2/h6-7,10H,1,3,5,11H2,(H2,12,13);6H,3-5H2,1-2H3;3H2,1-2H3;3H,2H2,1H3;2H,1H3/b8-7-,10-6?;;;;. The van der Waals surface area contributed by atoms with Gasteiger partial charge >= 0.3 is 0 Å². The molecule has 1 heterocycles. The summed E-state index contributed by atoms with van der Waals surface area (Å²) < 4.78 is 1.89. The number of nitrogens with zero attached hydrogens (tertiary/aromatic N) is 3. The minimum atomic E-state index is -0.316. The predicted octanol–water partition coefficient (Wildman–Crippen LogP) is 3.49. The lowest BCUT2D eigenvalue weighted by atomic mass is 10.2. The van der Waals surface area contributed by atoms with Crippen molar-refractivity contribution in [3.05, 3.63) is 23.7 Å². The zero-order chi connectivity index (χ0) is 24.9. The van der Waals surface area contributed by atoms with Crippen molar-refractivity contribution in [2.75, 3.05) is 12.9 Å². The number of carbonyl (C=O) groups excluding carboxylic acids is 1. The zero-order valence-corrected chi connectivity index (χ0v) is 21.1. The third-order valence-corrected chi connectivity index (χ3v) is 2.69. The van der Waals surface area contributed by atoms with Gasteiger partial charge in [-0.05, 0) is 32.9 Å². The number of primary amides is 1. The van der Waals surface area contributed by atoms with Gasteiger partial charge < -0.3 is 22.0 Å². The van der Waals surface area contributed by atoms with Crippen molar-refractivity contribution < 1.29 is 9.90 Å². The van der Waals surface area contributed by atoms with Crippen LogP contribution in [0.15, 0.2) is 18.0 Å². The highest BCUT2D eigenvalue weighted by Crippen LogP contribution is 1.94. The first-order valence-electron chi connectivity index (χ1n) is 10.5. The fraction of sp³-hybridized carbons (Fsp3) is 0.636. The van der Waals surface area contributed by atoms with E-state index >= 15 is 0 Å². The molecule has 9 heteroatoms. The minimum absolute atomic E-state index is 0.250. The van der Waals surface area contributed by atoms with Crippen LogP contribution in [0.3, 0.4) is 0 Å². The molecule has 0 radical (unpaired) electrons. The van der Waals surface area contributed by atoms with Gasteiger partial charge in [0.05, 0.1) is 11.3 Å². The minimum Gasteiger partial charge on any atom is -0.404 e. The zero-order valence-electron chi connectivity index (χ0n) is 20.2. The van der Waals surface area contributed by atoms with Gasteiger partial charge in [-0.25, -0.2) is 0 Å². The van der Waals surface area contributed by atoms with Gasteiger partial charge in [0.15, 0.2) is 0 Å². The molecule has 1 aromatic rings. The van der Waals surface area contributed by atoms with Crippen LogP contribution in [0.25, 0.3) is 0 Å². The molecule has 0 aliphatic rings. The molecule has 0 aromatic carbocycles. The van der Waals surface area contributed by atoms with E-state index in [4.69, 9.17) is 22.0 Å². The Balaban J connectivity index is -0.000000178. The van der Waals surface area contributed by atoms with Crippen LogP contribution in [0, 0.1) is 24.2 Å². The van der Waals surface area contributed by atoms with Crippen LogP contribution in [0.2, 0.25) is 0 Å². The number of hydrogen-bond donors (Lipinski definition) is 5. The Labute approximate surface area is 194 Å². The molecular formula is C22H44N6O2S. The van der Waals surface area contributed by atoms with Gasteiger partial charge in [0.2, 0.25) is 5.91 Å².